The number of allylic oxidation sites excluding steroid dienone is 3. The summed E-state index contributed by atoms with van der Waals surface area (Å²) in [5, 5.41) is 20.8. The number of fused-ring (bicyclic) bond motifs is 2. The van der Waals surface area contributed by atoms with Crippen LogP contribution in [0.1, 0.15) is 17.5 Å². The largest absolute Gasteiger partial charge is 0.504 e. The Bertz CT molecular complexity index is 748. The Morgan fingerprint density at radius 2 is 2.18 bits per heavy atom. The van der Waals surface area contributed by atoms with Crippen LogP contribution in [-0.4, -0.2) is 35.3 Å². The second kappa shape index (κ2) is 4.14. The number of hydrogen-bond donors (Lipinski definition) is 2. The maximum absolute atomic E-state index is 11.7. The molecule has 2 atom stereocenters. The lowest BCUT2D eigenvalue weighted by Gasteiger charge is -2.50. The molecule has 0 aromatic heterocycles. The lowest BCUT2D eigenvalue weighted by Crippen LogP contribution is -2.54. The van der Waals surface area contributed by atoms with E-state index >= 15 is 0 Å². The Morgan fingerprint density at radius 3 is 2.95 bits per heavy atom. The van der Waals surface area contributed by atoms with Gasteiger partial charge in [0.2, 0.25) is 0 Å². The molecule has 1 aliphatic heterocycles. The number of methoxy groups -OCH3 is 1. The SMILES string of the molecule is COc1cc2c(cc1O)C[C@@]1(O)COC3=CC(=O)C=C[C@@]32C1. The van der Waals surface area contributed by atoms with Crippen molar-refractivity contribution >= 4 is 5.78 Å². The van der Waals surface area contributed by atoms with Crippen LogP contribution in [0.2, 0.25) is 0 Å². The lowest BCUT2D eigenvalue weighted by molar-refractivity contribution is -0.113. The third-order valence-corrected chi connectivity index (χ3v) is 4.75. The Balaban J connectivity index is 1.99. The lowest BCUT2D eigenvalue weighted by atomic mass is 9.60. The first-order valence-corrected chi connectivity index (χ1v) is 7.17. The molecule has 2 bridgehead atoms. The third kappa shape index (κ3) is 1.66. The van der Waals surface area contributed by atoms with E-state index in [-0.39, 0.29) is 18.1 Å². The van der Waals surface area contributed by atoms with Crippen LogP contribution in [0.4, 0.5) is 0 Å². The molecule has 1 heterocycles. The van der Waals surface area contributed by atoms with E-state index in [2.05, 4.69) is 0 Å². The summed E-state index contributed by atoms with van der Waals surface area (Å²) in [6.45, 7) is 0.147. The molecule has 0 radical (unpaired) electrons. The zero-order chi connectivity index (χ0) is 15.5. The number of ether oxygens (including phenoxy) is 2. The summed E-state index contributed by atoms with van der Waals surface area (Å²) in [5.41, 5.74) is 0.0766. The van der Waals surface area contributed by atoms with Crippen molar-refractivity contribution in [2.75, 3.05) is 13.7 Å². The molecule has 0 amide bonds. The van der Waals surface area contributed by atoms with E-state index in [0.717, 1.165) is 11.1 Å². The van der Waals surface area contributed by atoms with Crippen molar-refractivity contribution in [3.63, 3.8) is 0 Å². The predicted molar refractivity (Wildman–Crippen MR) is 77.8 cm³/mol. The molecule has 22 heavy (non-hydrogen) atoms. The number of aromatic hydroxyl groups is 1. The predicted octanol–water partition coefficient (Wildman–Crippen LogP) is 1.37. The molecule has 5 heteroatoms. The van der Waals surface area contributed by atoms with Crippen LogP contribution in [-0.2, 0) is 21.4 Å². The Morgan fingerprint density at radius 1 is 1.36 bits per heavy atom. The second-order valence-electron chi connectivity index (χ2n) is 6.26. The maximum Gasteiger partial charge on any atom is 0.181 e. The number of benzene rings is 1. The van der Waals surface area contributed by atoms with Gasteiger partial charge in [-0.3, -0.25) is 4.79 Å². The highest BCUT2D eigenvalue weighted by Gasteiger charge is 2.54. The molecule has 4 rings (SSSR count). The number of aliphatic hydroxyl groups is 1. The summed E-state index contributed by atoms with van der Waals surface area (Å²) in [4.78, 5) is 11.7. The average molecular weight is 300 g/mol. The molecule has 3 aliphatic rings. The molecule has 1 saturated heterocycles. The van der Waals surface area contributed by atoms with Gasteiger partial charge in [0, 0.05) is 18.9 Å². The van der Waals surface area contributed by atoms with Crippen LogP contribution in [0.3, 0.4) is 0 Å². The van der Waals surface area contributed by atoms with Crippen LogP contribution in [0.25, 0.3) is 0 Å². The van der Waals surface area contributed by atoms with Crippen molar-refractivity contribution in [2.24, 2.45) is 0 Å². The Kier molecular flexibility index (Phi) is 2.52. The van der Waals surface area contributed by atoms with Gasteiger partial charge in [0.1, 0.15) is 18.0 Å². The van der Waals surface area contributed by atoms with Crippen LogP contribution in [0, 0.1) is 0 Å². The van der Waals surface area contributed by atoms with E-state index in [0.29, 0.717) is 24.4 Å². The van der Waals surface area contributed by atoms with Gasteiger partial charge in [0.25, 0.3) is 0 Å². The van der Waals surface area contributed by atoms with Gasteiger partial charge in [-0.15, -0.1) is 0 Å². The number of carbonyl (C=O) groups is 1. The van der Waals surface area contributed by atoms with Crippen molar-refractivity contribution in [2.45, 2.75) is 23.9 Å². The monoisotopic (exact) mass is 300 g/mol. The van der Waals surface area contributed by atoms with E-state index < -0.39 is 11.0 Å². The standard InChI is InChI=1S/C17H16O5/c1-21-14-6-12-10(4-13(14)19)7-16(20)8-17(12)3-2-11(18)5-15(17)22-9-16/h2-6,19-20H,7-9H2,1H3/t16-,17-/m0/s1. The van der Waals surface area contributed by atoms with E-state index in [1.54, 1.807) is 18.2 Å². The normalized spacial score (nSPS) is 31.7. The maximum atomic E-state index is 11.7. The van der Waals surface area contributed by atoms with Gasteiger partial charge in [-0.1, -0.05) is 6.08 Å². The van der Waals surface area contributed by atoms with Crippen molar-refractivity contribution in [1.29, 1.82) is 0 Å². The molecular formula is C17H16O5. The molecule has 5 nitrogen and oxygen atoms in total. The van der Waals surface area contributed by atoms with Gasteiger partial charge in [-0.2, -0.15) is 0 Å². The number of hydrogen-bond acceptors (Lipinski definition) is 5. The zero-order valence-electron chi connectivity index (χ0n) is 12.1. The number of phenolic OH excluding ortho intramolecular Hbond substituents is 1. The van der Waals surface area contributed by atoms with Crippen LogP contribution >= 0.6 is 0 Å². The van der Waals surface area contributed by atoms with E-state index in [1.165, 1.54) is 19.3 Å². The summed E-state index contributed by atoms with van der Waals surface area (Å²) < 4.78 is 10.9. The fraction of sp³-hybridized carbons (Fsp3) is 0.353. The topological polar surface area (TPSA) is 76.0 Å². The van der Waals surface area contributed by atoms with Crippen LogP contribution in [0.5, 0.6) is 11.5 Å². The number of rotatable bonds is 1. The highest BCUT2D eigenvalue weighted by Crippen LogP contribution is 2.53. The Labute approximate surface area is 127 Å². The van der Waals surface area contributed by atoms with Gasteiger partial charge < -0.3 is 19.7 Å². The second-order valence-corrected chi connectivity index (χ2v) is 6.26. The van der Waals surface area contributed by atoms with E-state index in [9.17, 15) is 15.0 Å². The summed E-state index contributed by atoms with van der Waals surface area (Å²) in [7, 11) is 1.49. The minimum Gasteiger partial charge on any atom is -0.504 e. The average Bonchev–Trinajstić information content (AvgIpc) is 2.47. The van der Waals surface area contributed by atoms with Gasteiger partial charge in [-0.05, 0) is 29.3 Å². The minimum absolute atomic E-state index is 0.0449. The van der Waals surface area contributed by atoms with Gasteiger partial charge in [-0.25, -0.2) is 0 Å². The van der Waals surface area contributed by atoms with Gasteiger partial charge in [0.05, 0.1) is 12.5 Å². The molecule has 2 N–H and O–H groups in total. The van der Waals surface area contributed by atoms with Gasteiger partial charge >= 0.3 is 0 Å². The van der Waals surface area contributed by atoms with E-state index in [4.69, 9.17) is 9.47 Å². The summed E-state index contributed by atoms with van der Waals surface area (Å²) >= 11 is 0. The van der Waals surface area contributed by atoms with Crippen molar-refractivity contribution < 1.29 is 24.5 Å². The first kappa shape index (κ1) is 13.4. The molecule has 0 saturated carbocycles. The highest BCUT2D eigenvalue weighted by molar-refractivity contribution is 6.01. The fourth-order valence-electron chi connectivity index (χ4n) is 3.83. The van der Waals surface area contributed by atoms with E-state index in [1.807, 2.05) is 0 Å². The molecule has 2 aliphatic carbocycles. The fourth-order valence-corrected chi connectivity index (χ4v) is 3.83. The number of phenols is 1. The van der Waals surface area contributed by atoms with Crippen LogP contribution in [0.15, 0.2) is 36.1 Å². The summed E-state index contributed by atoms with van der Waals surface area (Å²) in [6.07, 6.45) is 5.64. The molecule has 1 aromatic carbocycles. The molecule has 114 valence electrons. The summed E-state index contributed by atoms with van der Waals surface area (Å²) in [6, 6.07) is 3.40. The quantitative estimate of drug-likeness (QED) is 0.819. The van der Waals surface area contributed by atoms with Crippen molar-refractivity contribution in [3.05, 3.63) is 47.2 Å². The first-order valence-electron chi connectivity index (χ1n) is 7.17. The van der Waals surface area contributed by atoms with Crippen LogP contribution < -0.4 is 4.74 Å². The summed E-state index contributed by atoms with van der Waals surface area (Å²) in [5.74, 6) is 0.847. The molecule has 0 unspecified atom stereocenters. The molecule has 1 aromatic rings. The highest BCUT2D eigenvalue weighted by atomic mass is 16.5. The molecular weight excluding hydrogens is 284 g/mol. The van der Waals surface area contributed by atoms with Crippen molar-refractivity contribution in [3.8, 4) is 11.5 Å². The smallest absolute Gasteiger partial charge is 0.181 e. The number of carbonyl (C=O) groups excluding carboxylic acids is 1. The molecule has 1 spiro atoms. The number of ketones is 1. The minimum atomic E-state index is -1.00. The zero-order valence-corrected chi connectivity index (χ0v) is 12.1. The Hall–Kier alpha value is -2.27. The third-order valence-electron chi connectivity index (χ3n) is 4.75. The van der Waals surface area contributed by atoms with Gasteiger partial charge in [0.15, 0.2) is 17.3 Å². The first-order chi connectivity index (χ1) is 10.5. The molecule has 1 fully saturated rings. The van der Waals surface area contributed by atoms with Crippen molar-refractivity contribution in [1.82, 2.24) is 0 Å².